The molecule has 0 aromatic heterocycles. The molecule has 1 atom stereocenters. The Morgan fingerprint density at radius 3 is 2.39 bits per heavy atom. The summed E-state index contributed by atoms with van der Waals surface area (Å²) in [7, 11) is 3.30. The molecule has 0 aliphatic rings. The smallest absolute Gasteiger partial charge is 0.127 e. The maximum Gasteiger partial charge on any atom is 0.127 e. The first-order valence-electron chi connectivity index (χ1n) is 6.06. The molecular formula is C14H22N2O2. The Labute approximate surface area is 109 Å². The van der Waals surface area contributed by atoms with Crippen molar-refractivity contribution < 1.29 is 9.47 Å². The van der Waals surface area contributed by atoms with Crippen molar-refractivity contribution in [3.05, 3.63) is 36.4 Å². The molecule has 1 rings (SSSR count). The zero-order valence-corrected chi connectivity index (χ0v) is 11.1. The van der Waals surface area contributed by atoms with Gasteiger partial charge < -0.3 is 9.47 Å². The molecule has 0 saturated carbocycles. The minimum atomic E-state index is 0.0102. The third-order valence-corrected chi connectivity index (χ3v) is 2.92. The predicted octanol–water partition coefficient (Wildman–Crippen LogP) is 2.56. The van der Waals surface area contributed by atoms with Crippen LogP contribution in [0.3, 0.4) is 0 Å². The normalized spacial score (nSPS) is 11.9. The number of hydrogen-bond acceptors (Lipinski definition) is 4. The first kappa shape index (κ1) is 14.5. The quantitative estimate of drug-likeness (QED) is 0.322. The summed E-state index contributed by atoms with van der Waals surface area (Å²) in [6.45, 7) is 3.72. The van der Waals surface area contributed by atoms with Crippen LogP contribution in [0, 0.1) is 0 Å². The van der Waals surface area contributed by atoms with E-state index in [1.165, 1.54) is 0 Å². The largest absolute Gasteiger partial charge is 0.496 e. The van der Waals surface area contributed by atoms with Gasteiger partial charge in [0.05, 0.1) is 25.8 Å². The summed E-state index contributed by atoms with van der Waals surface area (Å²) in [5.41, 5.74) is 3.80. The van der Waals surface area contributed by atoms with Crippen molar-refractivity contribution in [3.8, 4) is 11.5 Å². The van der Waals surface area contributed by atoms with E-state index in [2.05, 4.69) is 12.0 Å². The second-order valence-electron chi connectivity index (χ2n) is 4.02. The van der Waals surface area contributed by atoms with Crippen LogP contribution < -0.4 is 20.7 Å². The fraction of sp³-hybridized carbons (Fsp3) is 0.429. The molecule has 1 aromatic carbocycles. The first-order valence-corrected chi connectivity index (χ1v) is 6.06. The summed E-state index contributed by atoms with van der Waals surface area (Å²) >= 11 is 0. The second kappa shape index (κ2) is 7.74. The summed E-state index contributed by atoms with van der Waals surface area (Å²) in [6, 6.07) is 5.74. The number of nitrogens with one attached hydrogen (secondary N) is 1. The van der Waals surface area contributed by atoms with E-state index in [4.69, 9.17) is 15.3 Å². The number of allylic oxidation sites excluding steroid dienone is 1. The van der Waals surface area contributed by atoms with Gasteiger partial charge >= 0.3 is 0 Å². The number of methoxy groups -OCH3 is 2. The summed E-state index contributed by atoms with van der Waals surface area (Å²) in [6.07, 6.45) is 4.79. The molecular weight excluding hydrogens is 228 g/mol. The van der Waals surface area contributed by atoms with E-state index in [0.29, 0.717) is 0 Å². The molecule has 4 nitrogen and oxygen atoms in total. The van der Waals surface area contributed by atoms with Crippen LogP contribution in [0.25, 0.3) is 0 Å². The fourth-order valence-corrected chi connectivity index (χ4v) is 2.00. The number of benzene rings is 1. The summed E-state index contributed by atoms with van der Waals surface area (Å²) < 4.78 is 10.8. The molecule has 3 N–H and O–H groups in total. The van der Waals surface area contributed by atoms with Crippen LogP contribution in [0.4, 0.5) is 0 Å². The summed E-state index contributed by atoms with van der Waals surface area (Å²) in [4.78, 5) is 0. The summed E-state index contributed by atoms with van der Waals surface area (Å²) in [5.74, 6) is 7.22. The minimum absolute atomic E-state index is 0.0102. The highest BCUT2D eigenvalue weighted by molar-refractivity contribution is 5.46. The molecule has 18 heavy (non-hydrogen) atoms. The van der Waals surface area contributed by atoms with Crippen molar-refractivity contribution in [2.75, 3.05) is 14.2 Å². The van der Waals surface area contributed by atoms with Crippen LogP contribution in [0.5, 0.6) is 11.5 Å². The lowest BCUT2D eigenvalue weighted by molar-refractivity contribution is 0.365. The van der Waals surface area contributed by atoms with Gasteiger partial charge in [-0.3, -0.25) is 11.3 Å². The zero-order valence-electron chi connectivity index (χ0n) is 11.1. The third kappa shape index (κ3) is 3.48. The molecule has 0 aliphatic carbocycles. The maximum absolute atomic E-state index is 5.65. The molecule has 0 fully saturated rings. The Balaban J connectivity index is 2.98. The monoisotopic (exact) mass is 250 g/mol. The lowest BCUT2D eigenvalue weighted by Crippen LogP contribution is -2.28. The third-order valence-electron chi connectivity index (χ3n) is 2.92. The molecule has 0 radical (unpaired) electrons. The predicted molar refractivity (Wildman–Crippen MR) is 73.7 cm³/mol. The average molecular weight is 250 g/mol. The molecule has 0 amide bonds. The van der Waals surface area contributed by atoms with Gasteiger partial charge in [-0.1, -0.05) is 12.1 Å². The van der Waals surface area contributed by atoms with E-state index in [0.717, 1.165) is 36.3 Å². The Hall–Kier alpha value is -1.52. The maximum atomic E-state index is 5.65. The van der Waals surface area contributed by atoms with Gasteiger partial charge in [0.25, 0.3) is 0 Å². The van der Waals surface area contributed by atoms with E-state index in [9.17, 15) is 0 Å². The van der Waals surface area contributed by atoms with Crippen molar-refractivity contribution in [2.45, 2.75) is 25.3 Å². The van der Waals surface area contributed by atoms with E-state index in [1.54, 1.807) is 14.2 Å². The van der Waals surface area contributed by atoms with Gasteiger partial charge in [0.1, 0.15) is 11.5 Å². The van der Waals surface area contributed by atoms with Crippen LogP contribution in [0.2, 0.25) is 0 Å². The first-order chi connectivity index (χ1) is 8.78. The molecule has 0 saturated heterocycles. The van der Waals surface area contributed by atoms with Crippen molar-refractivity contribution in [3.63, 3.8) is 0 Å². The molecule has 1 aromatic rings. The van der Waals surface area contributed by atoms with Gasteiger partial charge in [-0.15, -0.1) is 6.58 Å². The van der Waals surface area contributed by atoms with Gasteiger partial charge in [-0.2, -0.15) is 0 Å². The number of hydrazine groups is 1. The number of nitrogens with two attached hydrogens (primary N) is 1. The van der Waals surface area contributed by atoms with Crippen molar-refractivity contribution >= 4 is 0 Å². The average Bonchev–Trinajstić information content (AvgIpc) is 2.43. The number of rotatable bonds is 8. The lowest BCUT2D eigenvalue weighted by Gasteiger charge is -2.21. The van der Waals surface area contributed by atoms with E-state index in [1.807, 2.05) is 24.3 Å². The summed E-state index contributed by atoms with van der Waals surface area (Å²) in [5, 5.41) is 0. The number of unbranched alkanes of at least 4 members (excludes halogenated alkanes) is 1. The molecule has 0 spiro atoms. The zero-order chi connectivity index (χ0) is 13.4. The van der Waals surface area contributed by atoms with Gasteiger partial charge in [-0.25, -0.2) is 0 Å². The van der Waals surface area contributed by atoms with Crippen LogP contribution in [0.1, 0.15) is 30.9 Å². The highest BCUT2D eigenvalue weighted by atomic mass is 16.5. The fourth-order valence-electron chi connectivity index (χ4n) is 2.00. The number of hydrogen-bond donors (Lipinski definition) is 2. The van der Waals surface area contributed by atoms with Crippen LogP contribution in [-0.4, -0.2) is 14.2 Å². The molecule has 0 aliphatic heterocycles. The standard InChI is InChI=1S/C14H22N2O2/c1-4-5-6-8-11(16-15)14-12(17-2)9-7-10-13(14)18-3/h4,7,9-11,16H,1,5-6,8,15H2,2-3H3. The van der Waals surface area contributed by atoms with E-state index in [-0.39, 0.29) is 6.04 Å². The van der Waals surface area contributed by atoms with Gasteiger partial charge in [0.15, 0.2) is 0 Å². The Bertz CT molecular complexity index is 358. The van der Waals surface area contributed by atoms with Gasteiger partial charge in [0.2, 0.25) is 0 Å². The second-order valence-corrected chi connectivity index (χ2v) is 4.02. The highest BCUT2D eigenvalue weighted by Crippen LogP contribution is 2.35. The molecule has 0 bridgehead atoms. The topological polar surface area (TPSA) is 56.5 Å². The van der Waals surface area contributed by atoms with Gasteiger partial charge in [-0.05, 0) is 31.4 Å². The Kier molecular flexibility index (Phi) is 6.25. The van der Waals surface area contributed by atoms with Gasteiger partial charge in [0, 0.05) is 0 Å². The Morgan fingerprint density at radius 2 is 1.94 bits per heavy atom. The minimum Gasteiger partial charge on any atom is -0.496 e. The lowest BCUT2D eigenvalue weighted by atomic mass is 9.99. The molecule has 0 heterocycles. The van der Waals surface area contributed by atoms with Crippen LogP contribution in [0.15, 0.2) is 30.9 Å². The highest BCUT2D eigenvalue weighted by Gasteiger charge is 2.19. The molecule has 1 unspecified atom stereocenters. The van der Waals surface area contributed by atoms with Crippen molar-refractivity contribution in [2.24, 2.45) is 5.84 Å². The van der Waals surface area contributed by atoms with Crippen molar-refractivity contribution in [1.82, 2.24) is 5.43 Å². The Morgan fingerprint density at radius 1 is 1.33 bits per heavy atom. The van der Waals surface area contributed by atoms with Crippen LogP contribution in [-0.2, 0) is 0 Å². The van der Waals surface area contributed by atoms with E-state index >= 15 is 0 Å². The van der Waals surface area contributed by atoms with Crippen LogP contribution >= 0.6 is 0 Å². The number of ether oxygens (including phenoxy) is 2. The molecule has 100 valence electrons. The van der Waals surface area contributed by atoms with E-state index < -0.39 is 0 Å². The molecule has 4 heteroatoms. The SMILES string of the molecule is C=CCCCC(NN)c1c(OC)cccc1OC. The van der Waals surface area contributed by atoms with Crippen molar-refractivity contribution in [1.29, 1.82) is 0 Å².